The van der Waals surface area contributed by atoms with Gasteiger partial charge in [0.1, 0.15) is 5.82 Å². The molecule has 0 fully saturated rings. The second-order valence-corrected chi connectivity index (χ2v) is 4.69. The number of imidazole rings is 1. The number of aryl methyl sites for hydroxylation is 4. The number of hydrogen-bond acceptors (Lipinski definition) is 1. The molecule has 0 bridgehead atoms. The normalized spacial score (nSPS) is 9.20. The molecule has 0 unspecified atom stereocenters. The number of aromatic amines is 2. The second-order valence-electron chi connectivity index (χ2n) is 4.69. The Labute approximate surface area is 122 Å². The first kappa shape index (κ1) is 18.0. The van der Waals surface area contributed by atoms with E-state index in [0.29, 0.717) is 0 Å². The van der Waals surface area contributed by atoms with E-state index >= 15 is 0 Å². The largest absolute Gasteiger partial charge is 0.359 e. The third-order valence-corrected chi connectivity index (χ3v) is 2.74. The zero-order chi connectivity index (χ0) is 13.1. The van der Waals surface area contributed by atoms with Crippen molar-refractivity contribution in [2.75, 3.05) is 0 Å². The minimum Gasteiger partial charge on any atom is -0.359 e. The number of fused-ring (bicyclic) bond motifs is 1. The van der Waals surface area contributed by atoms with Gasteiger partial charge in [-0.05, 0) is 50.8 Å². The smallest absolute Gasteiger partial charge is 0.103 e. The Balaban J connectivity index is 0.000000356. The summed E-state index contributed by atoms with van der Waals surface area (Å²) in [6, 6.07) is 8.61. The van der Waals surface area contributed by atoms with Gasteiger partial charge in [0.25, 0.3) is 0 Å². The summed E-state index contributed by atoms with van der Waals surface area (Å²) in [4.78, 5) is 10.3. The van der Waals surface area contributed by atoms with E-state index in [1.54, 1.807) is 0 Å². The molecule has 20 heavy (non-hydrogen) atoms. The van der Waals surface area contributed by atoms with Gasteiger partial charge in [-0.25, -0.2) is 4.98 Å². The van der Waals surface area contributed by atoms with E-state index in [-0.39, 0.29) is 14.9 Å². The minimum atomic E-state index is 0. The number of nitrogens with zero attached hydrogens (tertiary/aromatic N) is 1. The lowest BCUT2D eigenvalue weighted by atomic mass is 10.2. The van der Waals surface area contributed by atoms with Crippen LogP contribution < -0.4 is 0 Å². The summed E-state index contributed by atoms with van der Waals surface area (Å²) in [5, 5.41) is 1.30. The molecule has 3 nitrogen and oxygen atoms in total. The fourth-order valence-corrected chi connectivity index (χ4v) is 1.93. The first-order valence-electron chi connectivity index (χ1n) is 6.09. The molecule has 0 spiro atoms. The Bertz CT molecular complexity index is 631. The summed E-state index contributed by atoms with van der Waals surface area (Å²) in [6.45, 7) is 8.11. The average Bonchev–Trinajstić information content (AvgIpc) is 2.83. The Morgan fingerprint density at radius 2 is 1.55 bits per heavy atom. The number of aromatic nitrogens is 3. The Morgan fingerprint density at radius 3 is 2.05 bits per heavy atom. The Hall–Kier alpha value is -2.03. The molecule has 0 aliphatic heterocycles. The molecule has 0 aliphatic carbocycles. The van der Waals surface area contributed by atoms with Gasteiger partial charge in [-0.1, -0.05) is 27.0 Å². The standard InChI is InChI=1S/C10H11N.C5H8N2.2CH4/c1-7-3-4-9-6-8(2)11-10(9)5-7;1-4-3-6-5(2)7-4;;/h3-6,11H,1-2H3;3H,1-2H3,(H,6,7);2*1H4. The molecule has 110 valence electrons. The van der Waals surface area contributed by atoms with Crippen molar-refractivity contribution < 1.29 is 0 Å². The first-order valence-corrected chi connectivity index (χ1v) is 6.09. The lowest BCUT2D eigenvalue weighted by Crippen LogP contribution is -1.71. The van der Waals surface area contributed by atoms with E-state index < -0.39 is 0 Å². The van der Waals surface area contributed by atoms with Crippen LogP contribution in [0.5, 0.6) is 0 Å². The van der Waals surface area contributed by atoms with Crippen LogP contribution in [0.2, 0.25) is 0 Å². The number of H-pyrrole nitrogens is 2. The summed E-state index contributed by atoms with van der Waals surface area (Å²) in [6.07, 6.45) is 1.81. The number of nitrogens with one attached hydrogen (secondary N) is 2. The zero-order valence-electron chi connectivity index (χ0n) is 11.3. The van der Waals surface area contributed by atoms with Crippen LogP contribution in [0, 0.1) is 27.7 Å². The summed E-state index contributed by atoms with van der Waals surface area (Å²) in [5.74, 6) is 0.984. The van der Waals surface area contributed by atoms with Crippen LogP contribution in [0.15, 0.2) is 30.5 Å². The van der Waals surface area contributed by atoms with Crippen molar-refractivity contribution in [3.05, 3.63) is 53.2 Å². The second kappa shape index (κ2) is 7.53. The first-order chi connectivity index (χ1) is 8.54. The van der Waals surface area contributed by atoms with Gasteiger partial charge in [0.15, 0.2) is 0 Å². The highest BCUT2D eigenvalue weighted by atomic mass is 14.9. The highest BCUT2D eigenvalue weighted by Crippen LogP contribution is 2.15. The van der Waals surface area contributed by atoms with E-state index in [4.69, 9.17) is 0 Å². The van der Waals surface area contributed by atoms with Crippen molar-refractivity contribution >= 4 is 10.9 Å². The summed E-state index contributed by atoms with van der Waals surface area (Å²) < 4.78 is 0. The molecule has 0 amide bonds. The van der Waals surface area contributed by atoms with E-state index in [0.717, 1.165) is 11.5 Å². The summed E-state index contributed by atoms with van der Waals surface area (Å²) in [5.41, 5.74) is 4.89. The molecule has 3 aromatic rings. The maximum absolute atomic E-state index is 3.96. The monoisotopic (exact) mass is 273 g/mol. The highest BCUT2D eigenvalue weighted by Gasteiger charge is 1.95. The summed E-state index contributed by atoms with van der Waals surface area (Å²) >= 11 is 0. The molecule has 3 heteroatoms. The Morgan fingerprint density at radius 1 is 0.850 bits per heavy atom. The van der Waals surface area contributed by atoms with Crippen molar-refractivity contribution in [1.29, 1.82) is 0 Å². The van der Waals surface area contributed by atoms with Gasteiger partial charge in [-0.2, -0.15) is 0 Å². The zero-order valence-corrected chi connectivity index (χ0v) is 11.3. The van der Waals surface area contributed by atoms with Crippen LogP contribution in [0.25, 0.3) is 10.9 Å². The van der Waals surface area contributed by atoms with Gasteiger partial charge >= 0.3 is 0 Å². The molecule has 0 saturated carbocycles. The van der Waals surface area contributed by atoms with Gasteiger partial charge < -0.3 is 9.97 Å². The quantitative estimate of drug-likeness (QED) is 0.589. The molecule has 2 heterocycles. The molecule has 0 radical (unpaired) electrons. The Kier molecular flexibility index (Phi) is 6.77. The molecule has 3 rings (SSSR count). The predicted octanol–water partition coefficient (Wildman–Crippen LogP) is 5.08. The van der Waals surface area contributed by atoms with Gasteiger partial charge in [-0.3, -0.25) is 0 Å². The molecular formula is C17H27N3. The molecule has 2 N–H and O–H groups in total. The van der Waals surface area contributed by atoms with Gasteiger partial charge in [-0.15, -0.1) is 0 Å². The van der Waals surface area contributed by atoms with Crippen molar-refractivity contribution in [2.24, 2.45) is 0 Å². The third-order valence-electron chi connectivity index (χ3n) is 2.74. The predicted molar refractivity (Wildman–Crippen MR) is 89.3 cm³/mol. The van der Waals surface area contributed by atoms with E-state index in [2.05, 4.69) is 53.1 Å². The minimum absolute atomic E-state index is 0. The lowest BCUT2D eigenvalue weighted by Gasteiger charge is -1.90. The molecule has 0 aliphatic rings. The van der Waals surface area contributed by atoms with Crippen molar-refractivity contribution in [3.8, 4) is 0 Å². The van der Waals surface area contributed by atoms with Crippen molar-refractivity contribution in [3.63, 3.8) is 0 Å². The van der Waals surface area contributed by atoms with Gasteiger partial charge in [0, 0.05) is 23.1 Å². The fraction of sp³-hybridized carbons (Fsp3) is 0.353. The van der Waals surface area contributed by atoms with Crippen LogP contribution in [-0.4, -0.2) is 15.0 Å². The molecular weight excluding hydrogens is 246 g/mol. The molecule has 0 saturated heterocycles. The van der Waals surface area contributed by atoms with Crippen LogP contribution in [0.3, 0.4) is 0 Å². The number of rotatable bonds is 0. The van der Waals surface area contributed by atoms with E-state index in [9.17, 15) is 0 Å². The SMILES string of the molecule is C.C.Cc1ccc2cc(C)[nH]c2c1.Cc1cnc(C)[nH]1. The highest BCUT2D eigenvalue weighted by molar-refractivity contribution is 5.80. The lowest BCUT2D eigenvalue weighted by molar-refractivity contribution is 1.13. The summed E-state index contributed by atoms with van der Waals surface area (Å²) in [7, 11) is 0. The van der Waals surface area contributed by atoms with E-state index in [1.165, 1.54) is 22.2 Å². The fourth-order valence-electron chi connectivity index (χ4n) is 1.93. The van der Waals surface area contributed by atoms with Crippen LogP contribution in [0.4, 0.5) is 0 Å². The van der Waals surface area contributed by atoms with E-state index in [1.807, 2.05) is 20.0 Å². The van der Waals surface area contributed by atoms with Crippen LogP contribution >= 0.6 is 0 Å². The number of benzene rings is 1. The molecule has 2 aromatic heterocycles. The molecule has 1 aromatic carbocycles. The average molecular weight is 273 g/mol. The van der Waals surface area contributed by atoms with Crippen LogP contribution in [0.1, 0.15) is 37.6 Å². The third kappa shape index (κ3) is 4.57. The van der Waals surface area contributed by atoms with Gasteiger partial charge in [0.2, 0.25) is 0 Å². The van der Waals surface area contributed by atoms with Crippen molar-refractivity contribution in [1.82, 2.24) is 15.0 Å². The topological polar surface area (TPSA) is 44.5 Å². The maximum Gasteiger partial charge on any atom is 0.103 e. The van der Waals surface area contributed by atoms with Crippen molar-refractivity contribution in [2.45, 2.75) is 42.5 Å². The number of hydrogen-bond donors (Lipinski definition) is 2. The van der Waals surface area contributed by atoms with Gasteiger partial charge in [0.05, 0.1) is 0 Å². The van der Waals surface area contributed by atoms with Crippen LogP contribution in [-0.2, 0) is 0 Å². The maximum atomic E-state index is 3.96. The molecule has 0 atom stereocenters.